The summed E-state index contributed by atoms with van der Waals surface area (Å²) in [6, 6.07) is 1.39. The van der Waals surface area contributed by atoms with Crippen molar-refractivity contribution in [3.8, 4) is 0 Å². The van der Waals surface area contributed by atoms with Gasteiger partial charge in [-0.3, -0.25) is 9.78 Å². The summed E-state index contributed by atoms with van der Waals surface area (Å²) in [4.78, 5) is 15.4. The SMILES string of the molecule is CC(C)(CCCBr)CNC(=O)c1ccncc1F. The van der Waals surface area contributed by atoms with Crippen LogP contribution in [0.15, 0.2) is 18.5 Å². The molecule has 18 heavy (non-hydrogen) atoms. The number of alkyl halides is 1. The number of carbonyl (C=O) groups excluding carboxylic acids is 1. The second kappa shape index (κ2) is 6.83. The quantitative estimate of drug-likeness (QED) is 0.819. The van der Waals surface area contributed by atoms with Crippen LogP contribution in [0.3, 0.4) is 0 Å². The van der Waals surface area contributed by atoms with Crippen molar-refractivity contribution in [2.24, 2.45) is 5.41 Å². The first-order valence-corrected chi connectivity index (χ1v) is 7.02. The molecule has 0 aliphatic rings. The number of carbonyl (C=O) groups is 1. The molecule has 0 radical (unpaired) electrons. The van der Waals surface area contributed by atoms with Gasteiger partial charge in [-0.2, -0.15) is 0 Å². The van der Waals surface area contributed by atoms with Crippen LogP contribution in [0.2, 0.25) is 0 Å². The highest BCUT2D eigenvalue weighted by Crippen LogP contribution is 2.21. The largest absolute Gasteiger partial charge is 0.351 e. The van der Waals surface area contributed by atoms with E-state index in [4.69, 9.17) is 0 Å². The lowest BCUT2D eigenvalue weighted by atomic mass is 9.88. The lowest BCUT2D eigenvalue weighted by Gasteiger charge is -2.24. The third-order valence-corrected chi connectivity index (χ3v) is 3.29. The lowest BCUT2D eigenvalue weighted by molar-refractivity contribution is 0.0930. The van der Waals surface area contributed by atoms with Crippen LogP contribution in [0.4, 0.5) is 4.39 Å². The Kier molecular flexibility index (Phi) is 5.72. The summed E-state index contributed by atoms with van der Waals surface area (Å²) in [6.45, 7) is 4.69. The van der Waals surface area contributed by atoms with Gasteiger partial charge >= 0.3 is 0 Å². The van der Waals surface area contributed by atoms with E-state index in [2.05, 4.69) is 40.1 Å². The van der Waals surface area contributed by atoms with E-state index in [-0.39, 0.29) is 16.9 Å². The minimum absolute atomic E-state index is 0.00688. The standard InChI is InChI=1S/C13H18BrFN2O/c1-13(2,5-3-6-14)9-17-12(18)10-4-7-16-8-11(10)15/h4,7-8H,3,5-6,9H2,1-2H3,(H,17,18). The highest BCUT2D eigenvalue weighted by atomic mass is 79.9. The van der Waals surface area contributed by atoms with E-state index in [1.165, 1.54) is 12.3 Å². The zero-order valence-corrected chi connectivity index (χ0v) is 12.3. The van der Waals surface area contributed by atoms with Crippen molar-refractivity contribution in [1.82, 2.24) is 10.3 Å². The van der Waals surface area contributed by atoms with Crippen LogP contribution in [0.25, 0.3) is 0 Å². The second-order valence-electron chi connectivity index (χ2n) is 4.99. The van der Waals surface area contributed by atoms with E-state index in [1.807, 2.05) is 0 Å². The van der Waals surface area contributed by atoms with Crippen molar-refractivity contribution in [2.45, 2.75) is 26.7 Å². The van der Waals surface area contributed by atoms with Gasteiger partial charge in [-0.25, -0.2) is 4.39 Å². The number of pyridine rings is 1. The fourth-order valence-corrected chi connectivity index (χ4v) is 1.89. The van der Waals surface area contributed by atoms with E-state index in [0.717, 1.165) is 24.4 Å². The number of amides is 1. The predicted molar refractivity (Wildman–Crippen MR) is 73.3 cm³/mol. The molecular formula is C13H18BrFN2O. The molecule has 0 saturated heterocycles. The second-order valence-corrected chi connectivity index (χ2v) is 5.79. The van der Waals surface area contributed by atoms with Crippen molar-refractivity contribution >= 4 is 21.8 Å². The van der Waals surface area contributed by atoms with Crippen molar-refractivity contribution in [3.05, 3.63) is 29.8 Å². The molecule has 100 valence electrons. The number of hydrogen-bond donors (Lipinski definition) is 1. The summed E-state index contributed by atoms with van der Waals surface area (Å²) in [6.07, 6.45) is 4.50. The van der Waals surface area contributed by atoms with Gasteiger partial charge in [0.25, 0.3) is 5.91 Å². The Bertz CT molecular complexity index is 410. The minimum atomic E-state index is -0.590. The topological polar surface area (TPSA) is 42.0 Å². The van der Waals surface area contributed by atoms with E-state index >= 15 is 0 Å². The van der Waals surface area contributed by atoms with Crippen molar-refractivity contribution < 1.29 is 9.18 Å². The average Bonchev–Trinajstić information content (AvgIpc) is 2.34. The molecule has 1 aromatic heterocycles. The molecule has 1 heterocycles. The molecule has 1 N–H and O–H groups in total. The number of nitrogens with zero attached hydrogens (tertiary/aromatic N) is 1. The molecule has 5 heteroatoms. The van der Waals surface area contributed by atoms with Gasteiger partial charge in [-0.15, -0.1) is 0 Å². The van der Waals surface area contributed by atoms with Crippen molar-refractivity contribution in [3.63, 3.8) is 0 Å². The molecule has 0 aromatic carbocycles. The molecule has 0 fully saturated rings. The van der Waals surface area contributed by atoms with Crippen LogP contribution < -0.4 is 5.32 Å². The summed E-state index contributed by atoms with van der Waals surface area (Å²) >= 11 is 3.38. The fraction of sp³-hybridized carbons (Fsp3) is 0.538. The maximum atomic E-state index is 13.3. The van der Waals surface area contributed by atoms with Crippen LogP contribution in [-0.4, -0.2) is 22.8 Å². The Labute approximate surface area is 115 Å². The van der Waals surface area contributed by atoms with Gasteiger partial charge in [0.2, 0.25) is 0 Å². The number of aromatic nitrogens is 1. The zero-order valence-electron chi connectivity index (χ0n) is 10.7. The van der Waals surface area contributed by atoms with Gasteiger partial charge in [0.05, 0.1) is 11.8 Å². The highest BCUT2D eigenvalue weighted by Gasteiger charge is 2.19. The van der Waals surface area contributed by atoms with Crippen LogP contribution >= 0.6 is 15.9 Å². The van der Waals surface area contributed by atoms with Crippen LogP contribution in [0.1, 0.15) is 37.0 Å². The van der Waals surface area contributed by atoms with Crippen LogP contribution in [0, 0.1) is 11.2 Å². The van der Waals surface area contributed by atoms with E-state index in [1.54, 1.807) is 0 Å². The highest BCUT2D eigenvalue weighted by molar-refractivity contribution is 9.09. The number of halogens is 2. The van der Waals surface area contributed by atoms with Gasteiger partial charge in [-0.1, -0.05) is 29.8 Å². The van der Waals surface area contributed by atoms with Gasteiger partial charge < -0.3 is 5.32 Å². The summed E-state index contributed by atoms with van der Waals surface area (Å²) in [5, 5.41) is 3.71. The first kappa shape index (κ1) is 15.1. The van der Waals surface area contributed by atoms with Crippen molar-refractivity contribution in [2.75, 3.05) is 11.9 Å². The van der Waals surface area contributed by atoms with Gasteiger partial charge in [0.1, 0.15) is 0 Å². The Hall–Kier alpha value is -0.970. The Morgan fingerprint density at radius 2 is 2.28 bits per heavy atom. The van der Waals surface area contributed by atoms with Crippen LogP contribution in [-0.2, 0) is 0 Å². The molecule has 0 spiro atoms. The normalized spacial score (nSPS) is 11.3. The molecule has 1 rings (SSSR count). The summed E-state index contributed by atoms with van der Waals surface area (Å²) < 4.78 is 13.3. The number of nitrogens with one attached hydrogen (secondary N) is 1. The molecule has 0 aliphatic carbocycles. The van der Waals surface area contributed by atoms with Crippen molar-refractivity contribution in [1.29, 1.82) is 0 Å². The zero-order chi connectivity index (χ0) is 13.6. The minimum Gasteiger partial charge on any atom is -0.351 e. The summed E-state index contributed by atoms with van der Waals surface area (Å²) in [7, 11) is 0. The summed E-state index contributed by atoms with van der Waals surface area (Å²) in [5.74, 6) is -0.977. The molecule has 0 bridgehead atoms. The fourth-order valence-electron chi connectivity index (χ4n) is 1.61. The molecule has 0 saturated carbocycles. The third kappa shape index (κ3) is 4.72. The van der Waals surface area contributed by atoms with Gasteiger partial charge in [0, 0.05) is 18.1 Å². The van der Waals surface area contributed by atoms with Gasteiger partial charge in [-0.05, 0) is 24.3 Å². The Morgan fingerprint density at radius 1 is 1.56 bits per heavy atom. The number of rotatable bonds is 6. The first-order chi connectivity index (χ1) is 8.46. The predicted octanol–water partition coefficient (Wildman–Crippen LogP) is 3.15. The third-order valence-electron chi connectivity index (χ3n) is 2.73. The molecule has 1 amide bonds. The Balaban J connectivity index is 2.54. The molecule has 3 nitrogen and oxygen atoms in total. The lowest BCUT2D eigenvalue weighted by Crippen LogP contribution is -2.34. The van der Waals surface area contributed by atoms with Gasteiger partial charge in [0.15, 0.2) is 5.82 Å². The Morgan fingerprint density at radius 3 is 2.89 bits per heavy atom. The molecule has 1 aromatic rings. The number of hydrogen-bond acceptors (Lipinski definition) is 2. The maximum Gasteiger partial charge on any atom is 0.254 e. The molecule has 0 atom stereocenters. The monoisotopic (exact) mass is 316 g/mol. The average molecular weight is 317 g/mol. The molecule has 0 unspecified atom stereocenters. The molecular weight excluding hydrogens is 299 g/mol. The molecule has 0 aliphatic heterocycles. The summed E-state index contributed by atoms with van der Waals surface area (Å²) in [5.41, 5.74) is 0.0497. The first-order valence-electron chi connectivity index (χ1n) is 5.90. The van der Waals surface area contributed by atoms with E-state index < -0.39 is 5.82 Å². The van der Waals surface area contributed by atoms with E-state index in [9.17, 15) is 9.18 Å². The maximum absolute atomic E-state index is 13.3. The van der Waals surface area contributed by atoms with Crippen LogP contribution in [0.5, 0.6) is 0 Å². The smallest absolute Gasteiger partial charge is 0.254 e. The van der Waals surface area contributed by atoms with E-state index in [0.29, 0.717) is 6.54 Å².